The lowest BCUT2D eigenvalue weighted by Gasteiger charge is -2.46. The quantitative estimate of drug-likeness (QED) is 0.862. The Labute approximate surface area is 148 Å². The molecule has 138 valence electrons. The number of piperidine rings is 1. The van der Waals surface area contributed by atoms with Crippen molar-refractivity contribution in [2.24, 2.45) is 0 Å². The average molecular weight is 347 g/mol. The second-order valence-electron chi connectivity index (χ2n) is 7.90. The van der Waals surface area contributed by atoms with Gasteiger partial charge in [-0.2, -0.15) is 5.10 Å². The number of nitrogens with one attached hydrogen (secondary N) is 1. The highest BCUT2D eigenvalue weighted by Gasteiger charge is 2.44. The smallest absolute Gasteiger partial charge is 0.257 e. The normalized spacial score (nSPS) is 27.6. The van der Waals surface area contributed by atoms with Crippen LogP contribution in [0.15, 0.2) is 6.20 Å². The fourth-order valence-corrected chi connectivity index (χ4v) is 4.82. The SMILES string of the molecule is O=C(c1cn[nH]c1C1CCCCC1)N1CCC2(CC1)OCCC[C@@H]2O. The second kappa shape index (κ2) is 7.08. The monoisotopic (exact) mass is 347 g/mol. The Balaban J connectivity index is 1.43. The Morgan fingerprint density at radius 2 is 1.96 bits per heavy atom. The van der Waals surface area contributed by atoms with Crippen LogP contribution in [0.1, 0.15) is 79.8 Å². The maximum Gasteiger partial charge on any atom is 0.257 e. The molecule has 1 saturated carbocycles. The minimum Gasteiger partial charge on any atom is -0.390 e. The molecule has 0 bridgehead atoms. The number of hydrogen-bond acceptors (Lipinski definition) is 4. The summed E-state index contributed by atoms with van der Waals surface area (Å²) in [6.45, 7) is 2.01. The molecule has 3 fully saturated rings. The van der Waals surface area contributed by atoms with Gasteiger partial charge in [0.15, 0.2) is 0 Å². The van der Waals surface area contributed by atoms with Gasteiger partial charge in [0.1, 0.15) is 0 Å². The van der Waals surface area contributed by atoms with E-state index in [1.165, 1.54) is 19.3 Å². The number of ether oxygens (including phenoxy) is 1. The van der Waals surface area contributed by atoms with E-state index < -0.39 is 11.7 Å². The molecule has 0 radical (unpaired) electrons. The van der Waals surface area contributed by atoms with Crippen molar-refractivity contribution < 1.29 is 14.6 Å². The maximum atomic E-state index is 13.0. The Bertz CT molecular complexity index is 601. The zero-order valence-electron chi connectivity index (χ0n) is 14.9. The van der Waals surface area contributed by atoms with Gasteiger partial charge in [-0.15, -0.1) is 0 Å². The fourth-order valence-electron chi connectivity index (χ4n) is 4.82. The molecule has 2 N–H and O–H groups in total. The number of nitrogens with zero attached hydrogens (tertiary/aromatic N) is 2. The largest absolute Gasteiger partial charge is 0.390 e. The summed E-state index contributed by atoms with van der Waals surface area (Å²) in [4.78, 5) is 14.9. The molecule has 2 aliphatic heterocycles. The topological polar surface area (TPSA) is 78.5 Å². The summed E-state index contributed by atoms with van der Waals surface area (Å²) in [6.07, 6.45) is 10.5. The predicted molar refractivity (Wildman–Crippen MR) is 93.5 cm³/mol. The van der Waals surface area contributed by atoms with Crippen LogP contribution in [0.4, 0.5) is 0 Å². The molecule has 3 heterocycles. The molecule has 25 heavy (non-hydrogen) atoms. The summed E-state index contributed by atoms with van der Waals surface area (Å²) >= 11 is 0. The summed E-state index contributed by atoms with van der Waals surface area (Å²) in [7, 11) is 0. The number of hydrogen-bond donors (Lipinski definition) is 2. The summed E-state index contributed by atoms with van der Waals surface area (Å²) in [5, 5.41) is 17.6. The molecule has 0 unspecified atom stereocenters. The van der Waals surface area contributed by atoms with Gasteiger partial charge >= 0.3 is 0 Å². The van der Waals surface area contributed by atoms with Crippen LogP contribution in [-0.4, -0.2) is 57.5 Å². The van der Waals surface area contributed by atoms with Crippen LogP contribution < -0.4 is 0 Å². The minimum atomic E-state index is -0.433. The van der Waals surface area contributed by atoms with Crippen LogP contribution in [0.2, 0.25) is 0 Å². The van der Waals surface area contributed by atoms with E-state index >= 15 is 0 Å². The van der Waals surface area contributed by atoms with Crippen molar-refractivity contribution in [2.75, 3.05) is 19.7 Å². The van der Waals surface area contributed by atoms with Crippen molar-refractivity contribution in [1.82, 2.24) is 15.1 Å². The van der Waals surface area contributed by atoms with Crippen LogP contribution in [0.25, 0.3) is 0 Å². The number of aliphatic hydroxyl groups excluding tert-OH is 1. The van der Waals surface area contributed by atoms with Crippen molar-refractivity contribution in [1.29, 1.82) is 0 Å². The van der Waals surface area contributed by atoms with Gasteiger partial charge in [0.2, 0.25) is 0 Å². The highest BCUT2D eigenvalue weighted by Crippen LogP contribution is 2.37. The van der Waals surface area contributed by atoms with E-state index in [1.54, 1.807) is 6.20 Å². The molecule has 1 amide bonds. The number of H-pyrrole nitrogens is 1. The molecule has 0 aromatic carbocycles. The van der Waals surface area contributed by atoms with E-state index in [-0.39, 0.29) is 5.91 Å². The molecule has 2 saturated heterocycles. The van der Waals surface area contributed by atoms with Crippen LogP contribution in [0, 0.1) is 0 Å². The number of carbonyl (C=O) groups excluding carboxylic acids is 1. The maximum absolute atomic E-state index is 13.0. The van der Waals surface area contributed by atoms with Gasteiger partial charge in [0.25, 0.3) is 5.91 Å². The van der Waals surface area contributed by atoms with Gasteiger partial charge in [0, 0.05) is 25.6 Å². The number of aromatic amines is 1. The molecule has 4 rings (SSSR count). The average Bonchev–Trinajstić information content (AvgIpc) is 3.15. The third-order valence-corrected chi connectivity index (χ3v) is 6.43. The van der Waals surface area contributed by atoms with Crippen molar-refractivity contribution in [2.45, 2.75) is 75.4 Å². The van der Waals surface area contributed by atoms with Crippen LogP contribution in [0.5, 0.6) is 0 Å². The first kappa shape index (κ1) is 17.0. The number of aromatic nitrogens is 2. The second-order valence-corrected chi connectivity index (χ2v) is 7.90. The molecule has 6 heteroatoms. The summed E-state index contributed by atoms with van der Waals surface area (Å²) in [5.41, 5.74) is 1.34. The Hall–Kier alpha value is -1.40. The van der Waals surface area contributed by atoms with E-state index in [0.29, 0.717) is 19.0 Å². The molecular weight excluding hydrogens is 318 g/mol. The Morgan fingerprint density at radius 3 is 2.68 bits per heavy atom. The van der Waals surface area contributed by atoms with Crippen LogP contribution in [-0.2, 0) is 4.74 Å². The molecule has 1 spiro atoms. The third-order valence-electron chi connectivity index (χ3n) is 6.43. The van der Waals surface area contributed by atoms with E-state index in [9.17, 15) is 9.90 Å². The summed E-state index contributed by atoms with van der Waals surface area (Å²) < 4.78 is 5.95. The predicted octanol–water partition coefficient (Wildman–Crippen LogP) is 2.60. The lowest BCUT2D eigenvalue weighted by molar-refractivity contribution is -0.174. The lowest BCUT2D eigenvalue weighted by Crippen LogP contribution is -2.56. The van der Waals surface area contributed by atoms with Crippen LogP contribution >= 0.6 is 0 Å². The minimum absolute atomic E-state index is 0.0782. The number of aliphatic hydroxyl groups is 1. The van der Waals surface area contributed by atoms with Crippen molar-refractivity contribution in [3.8, 4) is 0 Å². The van der Waals surface area contributed by atoms with E-state index in [1.807, 2.05) is 4.90 Å². The molecular formula is C19H29N3O3. The number of carbonyl (C=O) groups is 1. The van der Waals surface area contributed by atoms with Gasteiger partial charge in [-0.05, 0) is 38.5 Å². The first-order chi connectivity index (χ1) is 12.2. The summed E-state index contributed by atoms with van der Waals surface area (Å²) in [5.74, 6) is 0.518. The zero-order chi connectivity index (χ0) is 17.3. The first-order valence-electron chi connectivity index (χ1n) is 9.84. The van der Waals surface area contributed by atoms with E-state index in [2.05, 4.69) is 10.2 Å². The Kier molecular flexibility index (Phi) is 4.82. The van der Waals surface area contributed by atoms with Crippen molar-refractivity contribution in [3.63, 3.8) is 0 Å². The van der Waals surface area contributed by atoms with Gasteiger partial charge in [-0.1, -0.05) is 19.3 Å². The van der Waals surface area contributed by atoms with E-state index in [0.717, 1.165) is 56.4 Å². The highest BCUT2D eigenvalue weighted by atomic mass is 16.5. The molecule has 1 aromatic heterocycles. The lowest BCUT2D eigenvalue weighted by atomic mass is 9.81. The number of amides is 1. The first-order valence-corrected chi connectivity index (χ1v) is 9.84. The molecule has 6 nitrogen and oxygen atoms in total. The highest BCUT2D eigenvalue weighted by molar-refractivity contribution is 5.95. The fraction of sp³-hybridized carbons (Fsp3) is 0.789. The number of rotatable bonds is 2. The van der Waals surface area contributed by atoms with Gasteiger partial charge in [-0.3, -0.25) is 9.89 Å². The molecule has 1 atom stereocenters. The molecule has 1 aliphatic carbocycles. The van der Waals surface area contributed by atoms with Gasteiger partial charge in [0.05, 0.1) is 29.2 Å². The van der Waals surface area contributed by atoms with E-state index in [4.69, 9.17) is 4.74 Å². The molecule has 1 aromatic rings. The van der Waals surface area contributed by atoms with Gasteiger partial charge in [-0.25, -0.2) is 0 Å². The third kappa shape index (κ3) is 3.22. The standard InChI is InChI=1S/C19H29N3O3/c23-16-7-4-12-25-19(16)8-10-22(11-9-19)18(24)15-13-20-21-17(15)14-5-2-1-3-6-14/h13-14,16,23H,1-12H2,(H,20,21)/t16-/m0/s1. The molecule has 3 aliphatic rings. The van der Waals surface area contributed by atoms with Crippen molar-refractivity contribution >= 4 is 5.91 Å². The van der Waals surface area contributed by atoms with Crippen molar-refractivity contribution in [3.05, 3.63) is 17.5 Å². The summed E-state index contributed by atoms with van der Waals surface area (Å²) in [6, 6.07) is 0. The number of likely N-dealkylation sites (tertiary alicyclic amines) is 1. The van der Waals surface area contributed by atoms with Gasteiger partial charge < -0.3 is 14.7 Å². The Morgan fingerprint density at radius 1 is 1.20 bits per heavy atom. The van der Waals surface area contributed by atoms with Crippen LogP contribution in [0.3, 0.4) is 0 Å². The zero-order valence-corrected chi connectivity index (χ0v) is 14.9.